The summed E-state index contributed by atoms with van der Waals surface area (Å²) in [7, 11) is 0. The van der Waals surface area contributed by atoms with Gasteiger partial charge >= 0.3 is 12.1 Å². The van der Waals surface area contributed by atoms with Crippen molar-refractivity contribution in [2.45, 2.75) is 19.6 Å². The number of aromatic nitrogens is 2. The van der Waals surface area contributed by atoms with Crippen LogP contribution in [0.2, 0.25) is 0 Å². The summed E-state index contributed by atoms with van der Waals surface area (Å²) in [6, 6.07) is 2.61. The molecule has 0 saturated carbocycles. The highest BCUT2D eigenvalue weighted by Gasteiger charge is 2.30. The van der Waals surface area contributed by atoms with Crippen LogP contribution < -0.4 is 5.32 Å². The molecule has 128 valence electrons. The molecule has 0 fully saturated rings. The second-order valence-corrected chi connectivity index (χ2v) is 4.71. The van der Waals surface area contributed by atoms with E-state index in [2.05, 4.69) is 15.3 Å². The van der Waals surface area contributed by atoms with Crippen LogP contribution in [0.4, 0.5) is 19.1 Å². The van der Waals surface area contributed by atoms with Crippen molar-refractivity contribution in [2.75, 3.05) is 11.9 Å². The lowest BCUT2D eigenvalue weighted by atomic mass is 10.1. The van der Waals surface area contributed by atoms with Crippen molar-refractivity contribution >= 4 is 11.9 Å². The largest absolute Gasteiger partial charge is 0.508 e. The van der Waals surface area contributed by atoms with Crippen molar-refractivity contribution in [1.29, 1.82) is 0 Å². The molecule has 0 aliphatic heterocycles. The first-order chi connectivity index (χ1) is 11.3. The molecule has 0 spiro atoms. The maximum atomic E-state index is 12.7. The average Bonchev–Trinajstić information content (AvgIpc) is 2.53. The standard InChI is InChI=1S/C15H14F3N3O3/c1-2-24-13(23)10-7-20-14(21-8-10)19-6-9-5-11(15(16,17)18)3-4-12(9)22/h3-5,7-8,22H,2,6H2,1H3,(H,19,20,21). The number of rotatable bonds is 5. The number of hydrogen-bond donors (Lipinski definition) is 2. The average molecular weight is 341 g/mol. The Morgan fingerprint density at radius 2 is 1.96 bits per heavy atom. The van der Waals surface area contributed by atoms with Crippen LogP contribution in [0.5, 0.6) is 5.75 Å². The monoisotopic (exact) mass is 341 g/mol. The molecule has 0 radical (unpaired) electrons. The van der Waals surface area contributed by atoms with Gasteiger partial charge in [-0.05, 0) is 25.1 Å². The number of phenols is 1. The van der Waals surface area contributed by atoms with E-state index >= 15 is 0 Å². The summed E-state index contributed by atoms with van der Waals surface area (Å²) in [4.78, 5) is 19.2. The van der Waals surface area contributed by atoms with Crippen LogP contribution in [0, 0.1) is 0 Å². The van der Waals surface area contributed by atoms with Crippen molar-refractivity contribution in [3.8, 4) is 5.75 Å². The summed E-state index contributed by atoms with van der Waals surface area (Å²) in [5, 5.41) is 12.3. The number of esters is 1. The molecule has 0 saturated heterocycles. The van der Waals surface area contributed by atoms with Crippen LogP contribution in [-0.4, -0.2) is 27.7 Å². The molecule has 0 atom stereocenters. The van der Waals surface area contributed by atoms with Gasteiger partial charge in [0.1, 0.15) is 5.75 Å². The molecule has 2 N–H and O–H groups in total. The maximum Gasteiger partial charge on any atom is 0.416 e. The van der Waals surface area contributed by atoms with E-state index in [1.165, 1.54) is 12.4 Å². The smallest absolute Gasteiger partial charge is 0.416 e. The van der Waals surface area contributed by atoms with Crippen LogP contribution in [0.1, 0.15) is 28.4 Å². The molecule has 1 aromatic carbocycles. The van der Waals surface area contributed by atoms with Gasteiger partial charge in [-0.25, -0.2) is 14.8 Å². The number of nitrogens with one attached hydrogen (secondary N) is 1. The Morgan fingerprint density at radius 3 is 2.54 bits per heavy atom. The van der Waals surface area contributed by atoms with Gasteiger partial charge < -0.3 is 15.2 Å². The number of aromatic hydroxyl groups is 1. The van der Waals surface area contributed by atoms with Gasteiger partial charge in [0.15, 0.2) is 0 Å². The van der Waals surface area contributed by atoms with Gasteiger partial charge in [-0.15, -0.1) is 0 Å². The Morgan fingerprint density at radius 1 is 1.29 bits per heavy atom. The first kappa shape index (κ1) is 17.5. The normalized spacial score (nSPS) is 11.2. The second-order valence-electron chi connectivity index (χ2n) is 4.71. The van der Waals surface area contributed by atoms with Crippen molar-refractivity contribution in [3.05, 3.63) is 47.3 Å². The van der Waals surface area contributed by atoms with Crippen LogP contribution in [0.15, 0.2) is 30.6 Å². The number of carbonyl (C=O) groups is 1. The molecule has 0 aliphatic rings. The highest BCUT2D eigenvalue weighted by molar-refractivity contribution is 5.88. The third-order valence-corrected chi connectivity index (χ3v) is 3.01. The van der Waals surface area contributed by atoms with Gasteiger partial charge in [-0.1, -0.05) is 0 Å². The molecule has 24 heavy (non-hydrogen) atoms. The predicted octanol–water partition coefficient (Wildman–Crippen LogP) is 2.99. The number of halogens is 3. The van der Waals surface area contributed by atoms with E-state index in [4.69, 9.17) is 4.74 Å². The summed E-state index contributed by atoms with van der Waals surface area (Å²) in [5.74, 6) is -0.752. The van der Waals surface area contributed by atoms with E-state index in [-0.39, 0.29) is 36.0 Å². The summed E-state index contributed by atoms with van der Waals surface area (Å²) in [6.45, 7) is 1.76. The minimum absolute atomic E-state index is 0.0443. The van der Waals surface area contributed by atoms with E-state index < -0.39 is 17.7 Å². The molecule has 6 nitrogen and oxygen atoms in total. The van der Waals surface area contributed by atoms with E-state index in [0.29, 0.717) is 0 Å². The summed E-state index contributed by atoms with van der Waals surface area (Å²) >= 11 is 0. The molecule has 2 rings (SSSR count). The first-order valence-electron chi connectivity index (χ1n) is 6.93. The molecule has 0 bridgehead atoms. The third-order valence-electron chi connectivity index (χ3n) is 3.01. The lowest BCUT2D eigenvalue weighted by Gasteiger charge is -2.11. The molecule has 2 aromatic rings. The zero-order valence-electron chi connectivity index (χ0n) is 12.6. The van der Waals surface area contributed by atoms with Gasteiger partial charge in [0.05, 0.1) is 17.7 Å². The predicted molar refractivity (Wildman–Crippen MR) is 78.4 cm³/mol. The molecule has 1 aromatic heterocycles. The Balaban J connectivity index is 2.07. The van der Waals surface area contributed by atoms with Gasteiger partial charge in [0, 0.05) is 24.5 Å². The van der Waals surface area contributed by atoms with Gasteiger partial charge in [0.25, 0.3) is 0 Å². The van der Waals surface area contributed by atoms with Crippen LogP contribution in [0.3, 0.4) is 0 Å². The van der Waals surface area contributed by atoms with Crippen LogP contribution in [-0.2, 0) is 17.5 Å². The van der Waals surface area contributed by atoms with E-state index in [0.717, 1.165) is 18.2 Å². The van der Waals surface area contributed by atoms with Crippen molar-refractivity contribution in [2.24, 2.45) is 0 Å². The number of benzene rings is 1. The molecule has 1 heterocycles. The highest BCUT2D eigenvalue weighted by Crippen LogP contribution is 2.32. The van der Waals surface area contributed by atoms with E-state index in [1.54, 1.807) is 6.92 Å². The Labute approximate surface area is 135 Å². The fourth-order valence-corrected chi connectivity index (χ4v) is 1.82. The minimum atomic E-state index is -4.50. The third kappa shape index (κ3) is 4.34. The first-order valence-corrected chi connectivity index (χ1v) is 6.93. The number of ether oxygens (including phenoxy) is 1. The summed E-state index contributed by atoms with van der Waals surface area (Å²) < 4.78 is 42.8. The SMILES string of the molecule is CCOC(=O)c1cnc(NCc2cc(C(F)(F)F)ccc2O)nc1. The fourth-order valence-electron chi connectivity index (χ4n) is 1.82. The zero-order valence-corrected chi connectivity index (χ0v) is 12.6. The van der Waals surface area contributed by atoms with E-state index in [1.807, 2.05) is 0 Å². The highest BCUT2D eigenvalue weighted by atomic mass is 19.4. The Hall–Kier alpha value is -2.84. The van der Waals surface area contributed by atoms with Crippen LogP contribution in [0.25, 0.3) is 0 Å². The summed E-state index contributed by atoms with van der Waals surface area (Å²) in [6.07, 6.45) is -2.03. The molecule has 9 heteroatoms. The zero-order chi connectivity index (χ0) is 17.7. The fraction of sp³-hybridized carbons (Fsp3) is 0.267. The van der Waals surface area contributed by atoms with Gasteiger partial charge in [-0.2, -0.15) is 13.2 Å². The Bertz CT molecular complexity index is 718. The van der Waals surface area contributed by atoms with Crippen molar-refractivity contribution in [3.63, 3.8) is 0 Å². The second kappa shape index (κ2) is 7.16. The molecule has 0 unspecified atom stereocenters. The molecule has 0 amide bonds. The topological polar surface area (TPSA) is 84.3 Å². The molecular weight excluding hydrogens is 327 g/mol. The lowest BCUT2D eigenvalue weighted by Crippen LogP contribution is -2.09. The number of nitrogens with zero attached hydrogens (tertiary/aromatic N) is 2. The maximum absolute atomic E-state index is 12.7. The van der Waals surface area contributed by atoms with Crippen molar-refractivity contribution in [1.82, 2.24) is 9.97 Å². The number of hydrogen-bond acceptors (Lipinski definition) is 6. The Kier molecular flexibility index (Phi) is 5.22. The van der Waals surface area contributed by atoms with Gasteiger partial charge in [-0.3, -0.25) is 0 Å². The van der Waals surface area contributed by atoms with Crippen molar-refractivity contribution < 1.29 is 27.8 Å². The number of anilines is 1. The number of alkyl halides is 3. The minimum Gasteiger partial charge on any atom is -0.508 e. The number of carbonyl (C=O) groups excluding carboxylic acids is 1. The number of phenolic OH excluding ortho intramolecular Hbond substituents is 1. The van der Waals surface area contributed by atoms with Gasteiger partial charge in [0.2, 0.25) is 5.95 Å². The van der Waals surface area contributed by atoms with Crippen LogP contribution >= 0.6 is 0 Å². The lowest BCUT2D eigenvalue weighted by molar-refractivity contribution is -0.137. The summed E-state index contributed by atoms with van der Waals surface area (Å²) in [5.41, 5.74) is -0.664. The van der Waals surface area contributed by atoms with E-state index in [9.17, 15) is 23.1 Å². The molecule has 0 aliphatic carbocycles. The molecular formula is C15H14F3N3O3. The quantitative estimate of drug-likeness (QED) is 0.814.